The summed E-state index contributed by atoms with van der Waals surface area (Å²) in [6, 6.07) is 0.375. The summed E-state index contributed by atoms with van der Waals surface area (Å²) in [4.78, 5) is 6.84. The third kappa shape index (κ3) is 5.51. The fraction of sp³-hybridized carbons (Fsp3) is 0.786. The molecule has 0 fully saturated rings. The molecule has 1 aromatic rings. The van der Waals surface area contributed by atoms with Crippen LogP contribution in [0.25, 0.3) is 0 Å². The van der Waals surface area contributed by atoms with Gasteiger partial charge in [0.2, 0.25) is 5.95 Å². The second-order valence-corrected chi connectivity index (χ2v) is 5.02. The van der Waals surface area contributed by atoms with Crippen LogP contribution in [-0.4, -0.2) is 45.8 Å². The normalized spacial score (nSPS) is 12.7. The average Bonchev–Trinajstić information content (AvgIpc) is 2.39. The van der Waals surface area contributed by atoms with Crippen LogP contribution in [0.2, 0.25) is 0 Å². The first kappa shape index (κ1) is 15.8. The van der Waals surface area contributed by atoms with E-state index in [-0.39, 0.29) is 0 Å². The van der Waals surface area contributed by atoms with Gasteiger partial charge in [0.15, 0.2) is 0 Å². The van der Waals surface area contributed by atoms with E-state index >= 15 is 0 Å². The third-order valence-corrected chi connectivity index (χ3v) is 3.47. The van der Waals surface area contributed by atoms with Crippen molar-refractivity contribution in [1.82, 2.24) is 20.1 Å². The van der Waals surface area contributed by atoms with Gasteiger partial charge in [0.1, 0.15) is 0 Å². The summed E-state index contributed by atoms with van der Waals surface area (Å²) >= 11 is 0. The van der Waals surface area contributed by atoms with Crippen LogP contribution in [0.3, 0.4) is 0 Å². The monoisotopic (exact) mass is 265 g/mol. The first-order chi connectivity index (χ1) is 9.06. The molecule has 0 aliphatic rings. The quantitative estimate of drug-likeness (QED) is 0.782. The van der Waals surface area contributed by atoms with Crippen LogP contribution in [0.4, 0.5) is 5.95 Å². The van der Waals surface area contributed by atoms with E-state index in [0.717, 1.165) is 37.4 Å². The van der Waals surface area contributed by atoms with Crippen LogP contribution < -0.4 is 5.32 Å². The van der Waals surface area contributed by atoms with Crippen molar-refractivity contribution < 1.29 is 0 Å². The zero-order chi connectivity index (χ0) is 14.3. The summed E-state index contributed by atoms with van der Waals surface area (Å²) in [7, 11) is 0. The summed E-state index contributed by atoms with van der Waals surface area (Å²) in [6.07, 6.45) is 2.31. The Morgan fingerprint density at radius 3 is 2.37 bits per heavy atom. The summed E-state index contributed by atoms with van der Waals surface area (Å²) in [5.74, 6) is 0.637. The van der Waals surface area contributed by atoms with Crippen molar-refractivity contribution >= 4 is 5.95 Å². The Balaban J connectivity index is 2.34. The van der Waals surface area contributed by atoms with Crippen molar-refractivity contribution in [2.24, 2.45) is 0 Å². The van der Waals surface area contributed by atoms with Gasteiger partial charge in [-0.05, 0) is 53.2 Å². The lowest BCUT2D eigenvalue weighted by Gasteiger charge is -2.19. The molecule has 5 heteroatoms. The molecule has 0 bridgehead atoms. The molecule has 1 atom stereocenters. The maximum Gasteiger partial charge on any atom is 0.243 e. The molecule has 0 aliphatic heterocycles. The zero-order valence-corrected chi connectivity index (χ0v) is 12.9. The van der Waals surface area contributed by atoms with Crippen molar-refractivity contribution in [3.05, 3.63) is 11.4 Å². The van der Waals surface area contributed by atoms with Crippen LogP contribution in [0.1, 0.15) is 45.0 Å². The third-order valence-electron chi connectivity index (χ3n) is 3.47. The number of aryl methyl sites for hydroxylation is 2. The van der Waals surface area contributed by atoms with Gasteiger partial charge in [0, 0.05) is 6.04 Å². The molecule has 0 aromatic carbocycles. The molecule has 0 spiro atoms. The van der Waals surface area contributed by atoms with Crippen LogP contribution in [-0.2, 0) is 0 Å². The minimum Gasteiger partial charge on any atom is -0.350 e. The highest BCUT2D eigenvalue weighted by molar-refractivity contribution is 5.25. The molecule has 0 saturated carbocycles. The molecule has 1 unspecified atom stereocenters. The average molecular weight is 265 g/mol. The highest BCUT2D eigenvalue weighted by atomic mass is 15.2. The van der Waals surface area contributed by atoms with E-state index in [1.807, 2.05) is 13.8 Å². The van der Waals surface area contributed by atoms with E-state index in [2.05, 4.69) is 46.2 Å². The standard InChI is InChI=1S/C14H27N5/c1-6-19(7-2)10-8-9-11(3)15-14-16-12(4)13(5)17-18-14/h11H,6-10H2,1-5H3,(H,15,16,18). The predicted molar refractivity (Wildman–Crippen MR) is 79.4 cm³/mol. The van der Waals surface area contributed by atoms with Crippen molar-refractivity contribution in [2.45, 2.75) is 53.5 Å². The lowest BCUT2D eigenvalue weighted by molar-refractivity contribution is 0.295. The summed E-state index contributed by atoms with van der Waals surface area (Å²) < 4.78 is 0. The molecular formula is C14H27N5. The van der Waals surface area contributed by atoms with Crippen molar-refractivity contribution in [3.8, 4) is 0 Å². The van der Waals surface area contributed by atoms with Crippen molar-refractivity contribution in [3.63, 3.8) is 0 Å². The van der Waals surface area contributed by atoms with Gasteiger partial charge >= 0.3 is 0 Å². The second kappa shape index (κ2) is 8.04. The molecule has 1 N–H and O–H groups in total. The Kier molecular flexibility index (Phi) is 6.70. The molecular weight excluding hydrogens is 238 g/mol. The van der Waals surface area contributed by atoms with Crippen LogP contribution in [0, 0.1) is 13.8 Å². The number of nitrogens with zero attached hydrogens (tertiary/aromatic N) is 4. The van der Waals surface area contributed by atoms with Gasteiger partial charge < -0.3 is 10.2 Å². The van der Waals surface area contributed by atoms with Crippen LogP contribution in [0.5, 0.6) is 0 Å². The Morgan fingerprint density at radius 1 is 1.11 bits per heavy atom. The van der Waals surface area contributed by atoms with E-state index in [1.165, 1.54) is 6.42 Å². The maximum atomic E-state index is 4.39. The van der Waals surface area contributed by atoms with Crippen molar-refractivity contribution in [2.75, 3.05) is 25.0 Å². The molecule has 1 heterocycles. The van der Waals surface area contributed by atoms with Crippen LogP contribution >= 0.6 is 0 Å². The molecule has 5 nitrogen and oxygen atoms in total. The van der Waals surface area contributed by atoms with Gasteiger partial charge in [-0.25, -0.2) is 4.98 Å². The molecule has 0 radical (unpaired) electrons. The summed E-state index contributed by atoms with van der Waals surface area (Å²) in [5.41, 5.74) is 1.83. The lowest BCUT2D eigenvalue weighted by Crippen LogP contribution is -2.26. The first-order valence-electron chi connectivity index (χ1n) is 7.23. The SMILES string of the molecule is CCN(CC)CCCC(C)Nc1nnc(C)c(C)n1. The highest BCUT2D eigenvalue weighted by Gasteiger charge is 2.07. The first-order valence-corrected chi connectivity index (χ1v) is 7.23. The smallest absolute Gasteiger partial charge is 0.243 e. The number of nitrogens with one attached hydrogen (secondary N) is 1. The topological polar surface area (TPSA) is 53.9 Å². The summed E-state index contributed by atoms with van der Waals surface area (Å²) in [5, 5.41) is 11.5. The van der Waals surface area contributed by atoms with Gasteiger partial charge in [-0.2, -0.15) is 5.10 Å². The van der Waals surface area contributed by atoms with E-state index in [1.54, 1.807) is 0 Å². The van der Waals surface area contributed by atoms with E-state index in [0.29, 0.717) is 12.0 Å². The van der Waals surface area contributed by atoms with Gasteiger partial charge in [0.25, 0.3) is 0 Å². The molecule has 108 valence electrons. The van der Waals surface area contributed by atoms with Gasteiger partial charge in [-0.3, -0.25) is 0 Å². The molecule has 19 heavy (non-hydrogen) atoms. The predicted octanol–water partition coefficient (Wildman–Crippen LogP) is 2.41. The highest BCUT2D eigenvalue weighted by Crippen LogP contribution is 2.07. The number of hydrogen-bond donors (Lipinski definition) is 1. The van der Waals surface area contributed by atoms with Gasteiger partial charge in [-0.15, -0.1) is 5.10 Å². The number of rotatable bonds is 8. The second-order valence-electron chi connectivity index (χ2n) is 5.02. The Labute approximate surface area is 116 Å². The number of hydrogen-bond acceptors (Lipinski definition) is 5. The minimum absolute atomic E-state index is 0.375. The summed E-state index contributed by atoms with van der Waals surface area (Å²) in [6.45, 7) is 13.9. The van der Waals surface area contributed by atoms with Crippen LogP contribution in [0.15, 0.2) is 0 Å². The largest absolute Gasteiger partial charge is 0.350 e. The number of aromatic nitrogens is 3. The molecule has 0 saturated heterocycles. The van der Waals surface area contributed by atoms with Gasteiger partial charge in [0.05, 0.1) is 11.4 Å². The maximum absolute atomic E-state index is 4.39. The number of anilines is 1. The molecule has 0 aliphatic carbocycles. The van der Waals surface area contributed by atoms with Crippen molar-refractivity contribution in [1.29, 1.82) is 0 Å². The Morgan fingerprint density at radius 2 is 1.79 bits per heavy atom. The van der Waals surface area contributed by atoms with Gasteiger partial charge in [-0.1, -0.05) is 13.8 Å². The Bertz CT molecular complexity index is 376. The van der Waals surface area contributed by atoms with E-state index in [9.17, 15) is 0 Å². The zero-order valence-electron chi connectivity index (χ0n) is 12.9. The molecule has 1 aromatic heterocycles. The molecule has 0 amide bonds. The Hall–Kier alpha value is -1.23. The van der Waals surface area contributed by atoms with E-state index < -0.39 is 0 Å². The minimum atomic E-state index is 0.375. The fourth-order valence-corrected chi connectivity index (χ4v) is 1.97. The lowest BCUT2D eigenvalue weighted by atomic mass is 10.2. The molecule has 1 rings (SSSR count). The fourth-order valence-electron chi connectivity index (χ4n) is 1.97. The van der Waals surface area contributed by atoms with E-state index in [4.69, 9.17) is 0 Å².